The van der Waals surface area contributed by atoms with E-state index in [1.807, 2.05) is 0 Å². The number of hydrogen-bond acceptors (Lipinski definition) is 4. The van der Waals surface area contributed by atoms with Gasteiger partial charge in [-0.1, -0.05) is 11.6 Å². The van der Waals surface area contributed by atoms with E-state index in [1.54, 1.807) is 23.6 Å². The Bertz CT molecular complexity index is 510. The lowest BCUT2D eigenvalue weighted by molar-refractivity contribution is 0.103. The molecule has 0 atom stereocenters. The zero-order chi connectivity index (χ0) is 10.8. The van der Waals surface area contributed by atoms with Crippen LogP contribution in [0.15, 0.2) is 29.8 Å². The van der Waals surface area contributed by atoms with Crippen molar-refractivity contribution in [1.29, 1.82) is 0 Å². The van der Waals surface area contributed by atoms with Crippen LogP contribution in [0.3, 0.4) is 0 Å². The van der Waals surface area contributed by atoms with Crippen LogP contribution in [0.25, 0.3) is 0 Å². The van der Waals surface area contributed by atoms with Gasteiger partial charge in [-0.05, 0) is 23.6 Å². The van der Waals surface area contributed by atoms with Crippen LogP contribution in [0.4, 0.5) is 5.69 Å². The van der Waals surface area contributed by atoms with Gasteiger partial charge in [-0.25, -0.2) is 0 Å². The van der Waals surface area contributed by atoms with E-state index in [9.17, 15) is 4.79 Å². The van der Waals surface area contributed by atoms with Gasteiger partial charge in [0, 0.05) is 6.20 Å². The SMILES string of the molecule is Nc1cccnc1C(=O)c1sccc1Cl. The van der Waals surface area contributed by atoms with E-state index >= 15 is 0 Å². The van der Waals surface area contributed by atoms with Gasteiger partial charge in [0.15, 0.2) is 0 Å². The van der Waals surface area contributed by atoms with Crippen molar-refractivity contribution >= 4 is 34.4 Å². The molecule has 0 spiro atoms. The summed E-state index contributed by atoms with van der Waals surface area (Å²) in [6.07, 6.45) is 1.53. The summed E-state index contributed by atoms with van der Waals surface area (Å²) in [5.74, 6) is -0.229. The van der Waals surface area contributed by atoms with Crippen molar-refractivity contribution in [2.24, 2.45) is 0 Å². The molecule has 0 saturated heterocycles. The van der Waals surface area contributed by atoms with Crippen molar-refractivity contribution in [3.8, 4) is 0 Å². The summed E-state index contributed by atoms with van der Waals surface area (Å²) in [7, 11) is 0. The molecule has 5 heteroatoms. The molecule has 0 amide bonds. The Labute approximate surface area is 95.5 Å². The smallest absolute Gasteiger partial charge is 0.224 e. The normalized spacial score (nSPS) is 10.2. The van der Waals surface area contributed by atoms with Crippen LogP contribution in [0.2, 0.25) is 5.02 Å². The Hall–Kier alpha value is -1.39. The highest BCUT2D eigenvalue weighted by molar-refractivity contribution is 7.13. The molecule has 0 aliphatic carbocycles. The molecular formula is C10H7ClN2OS. The summed E-state index contributed by atoms with van der Waals surface area (Å²) in [6, 6.07) is 5.00. The van der Waals surface area contributed by atoms with Crippen LogP contribution in [0.1, 0.15) is 15.4 Å². The number of halogens is 1. The molecule has 2 N–H and O–H groups in total. The number of carbonyl (C=O) groups is 1. The summed E-state index contributed by atoms with van der Waals surface area (Å²) >= 11 is 7.14. The van der Waals surface area contributed by atoms with Crippen LogP contribution < -0.4 is 5.73 Å². The maximum Gasteiger partial charge on any atom is 0.224 e. The Balaban J connectivity index is 2.46. The lowest BCUT2D eigenvalue weighted by Crippen LogP contribution is -2.06. The quantitative estimate of drug-likeness (QED) is 0.819. The number of hydrogen-bond donors (Lipinski definition) is 1. The van der Waals surface area contributed by atoms with Crippen molar-refractivity contribution in [2.45, 2.75) is 0 Å². The van der Waals surface area contributed by atoms with Crippen molar-refractivity contribution < 1.29 is 4.79 Å². The first kappa shape index (κ1) is 10.1. The molecule has 0 unspecified atom stereocenters. The molecule has 2 aromatic heterocycles. The van der Waals surface area contributed by atoms with Crippen LogP contribution in [-0.2, 0) is 0 Å². The topological polar surface area (TPSA) is 56.0 Å². The van der Waals surface area contributed by atoms with Gasteiger partial charge in [0.25, 0.3) is 0 Å². The monoisotopic (exact) mass is 238 g/mol. The van der Waals surface area contributed by atoms with E-state index < -0.39 is 0 Å². The average molecular weight is 239 g/mol. The molecule has 0 saturated carbocycles. The second kappa shape index (κ2) is 4.00. The first-order chi connectivity index (χ1) is 7.20. The Kier molecular flexibility index (Phi) is 2.70. The van der Waals surface area contributed by atoms with Crippen molar-refractivity contribution in [1.82, 2.24) is 4.98 Å². The highest BCUT2D eigenvalue weighted by Gasteiger charge is 2.17. The number of nitrogens with zero attached hydrogens (tertiary/aromatic N) is 1. The number of pyridine rings is 1. The number of nitrogens with two attached hydrogens (primary N) is 1. The van der Waals surface area contributed by atoms with Gasteiger partial charge in [-0.15, -0.1) is 11.3 Å². The second-order valence-electron chi connectivity index (χ2n) is 2.87. The Morgan fingerprint density at radius 2 is 2.27 bits per heavy atom. The van der Waals surface area contributed by atoms with Gasteiger partial charge in [0.05, 0.1) is 15.6 Å². The Morgan fingerprint density at radius 1 is 1.47 bits per heavy atom. The summed E-state index contributed by atoms with van der Waals surface area (Å²) in [5, 5.41) is 2.20. The number of ketones is 1. The van der Waals surface area contributed by atoms with Gasteiger partial charge < -0.3 is 5.73 Å². The first-order valence-corrected chi connectivity index (χ1v) is 5.44. The highest BCUT2D eigenvalue weighted by Crippen LogP contribution is 2.25. The van der Waals surface area contributed by atoms with Crippen molar-refractivity contribution in [2.75, 3.05) is 5.73 Å². The first-order valence-electron chi connectivity index (χ1n) is 4.18. The van der Waals surface area contributed by atoms with Gasteiger partial charge in [-0.2, -0.15) is 0 Å². The van der Waals surface area contributed by atoms with Gasteiger partial charge in [0.2, 0.25) is 5.78 Å². The Morgan fingerprint density at radius 3 is 2.87 bits per heavy atom. The standard InChI is InChI=1S/C10H7ClN2OS/c11-6-3-5-15-10(6)9(14)8-7(12)2-1-4-13-8/h1-5H,12H2. The van der Waals surface area contributed by atoms with E-state index in [0.29, 0.717) is 15.6 Å². The van der Waals surface area contributed by atoms with E-state index in [1.165, 1.54) is 17.5 Å². The van der Waals surface area contributed by atoms with Gasteiger partial charge >= 0.3 is 0 Å². The third kappa shape index (κ3) is 1.86. The third-order valence-corrected chi connectivity index (χ3v) is 3.22. The molecule has 0 aromatic carbocycles. The summed E-state index contributed by atoms with van der Waals surface area (Å²) < 4.78 is 0. The number of anilines is 1. The van der Waals surface area contributed by atoms with E-state index in [-0.39, 0.29) is 11.5 Å². The van der Waals surface area contributed by atoms with Crippen molar-refractivity contribution in [3.05, 3.63) is 45.4 Å². The van der Waals surface area contributed by atoms with E-state index in [2.05, 4.69) is 4.98 Å². The fraction of sp³-hybridized carbons (Fsp3) is 0. The third-order valence-electron chi connectivity index (χ3n) is 1.88. The summed E-state index contributed by atoms with van der Waals surface area (Å²) in [5.41, 5.74) is 6.28. The van der Waals surface area contributed by atoms with Crippen LogP contribution >= 0.6 is 22.9 Å². The largest absolute Gasteiger partial charge is 0.397 e. The molecular weight excluding hydrogens is 232 g/mol. The summed E-state index contributed by atoms with van der Waals surface area (Å²) in [6.45, 7) is 0. The van der Waals surface area contributed by atoms with E-state index in [4.69, 9.17) is 17.3 Å². The molecule has 0 aliphatic rings. The summed E-state index contributed by atoms with van der Waals surface area (Å²) in [4.78, 5) is 16.4. The maximum absolute atomic E-state index is 11.9. The van der Waals surface area contributed by atoms with Gasteiger partial charge in [0.1, 0.15) is 5.69 Å². The minimum Gasteiger partial charge on any atom is -0.397 e. The molecule has 2 heterocycles. The molecule has 3 nitrogen and oxygen atoms in total. The lowest BCUT2D eigenvalue weighted by atomic mass is 10.2. The zero-order valence-corrected chi connectivity index (χ0v) is 9.18. The minimum absolute atomic E-state index is 0.229. The fourth-order valence-electron chi connectivity index (χ4n) is 1.17. The van der Waals surface area contributed by atoms with E-state index in [0.717, 1.165) is 0 Å². The number of rotatable bonds is 2. The van der Waals surface area contributed by atoms with Crippen LogP contribution in [-0.4, -0.2) is 10.8 Å². The predicted molar refractivity (Wildman–Crippen MR) is 61.4 cm³/mol. The lowest BCUT2D eigenvalue weighted by Gasteiger charge is -2.01. The zero-order valence-electron chi connectivity index (χ0n) is 7.61. The number of aromatic nitrogens is 1. The van der Waals surface area contributed by atoms with Crippen LogP contribution in [0, 0.1) is 0 Å². The second-order valence-corrected chi connectivity index (χ2v) is 4.19. The molecule has 15 heavy (non-hydrogen) atoms. The molecule has 0 fully saturated rings. The molecule has 0 radical (unpaired) electrons. The molecule has 2 aromatic rings. The molecule has 2 rings (SSSR count). The average Bonchev–Trinajstić information content (AvgIpc) is 2.64. The predicted octanol–water partition coefficient (Wildman–Crippen LogP) is 2.61. The molecule has 76 valence electrons. The molecule has 0 aliphatic heterocycles. The maximum atomic E-state index is 11.9. The van der Waals surface area contributed by atoms with Crippen LogP contribution in [0.5, 0.6) is 0 Å². The minimum atomic E-state index is -0.229. The van der Waals surface area contributed by atoms with Crippen molar-refractivity contribution in [3.63, 3.8) is 0 Å². The fourth-order valence-corrected chi connectivity index (χ4v) is 2.25. The molecule has 0 bridgehead atoms. The number of nitrogen functional groups attached to an aromatic ring is 1. The number of thiophene rings is 1. The number of carbonyl (C=O) groups excluding carboxylic acids is 1. The van der Waals surface area contributed by atoms with Gasteiger partial charge in [-0.3, -0.25) is 9.78 Å². The highest BCUT2D eigenvalue weighted by atomic mass is 35.5.